The van der Waals surface area contributed by atoms with Crippen LogP contribution in [0.1, 0.15) is 30.5 Å². The van der Waals surface area contributed by atoms with Crippen LogP contribution in [0.5, 0.6) is 0 Å². The summed E-state index contributed by atoms with van der Waals surface area (Å²) in [5.41, 5.74) is 2.03. The molecule has 0 spiro atoms. The van der Waals surface area contributed by atoms with Gasteiger partial charge in [-0.15, -0.1) is 0 Å². The molecule has 6 heteroatoms. The molecule has 1 aliphatic heterocycles. The van der Waals surface area contributed by atoms with Crippen molar-refractivity contribution < 1.29 is 14.0 Å². The second kappa shape index (κ2) is 8.00. The summed E-state index contributed by atoms with van der Waals surface area (Å²) in [4.78, 5) is 26.5. The molecule has 0 saturated carbocycles. The van der Waals surface area contributed by atoms with Crippen molar-refractivity contribution in [3.63, 3.8) is 0 Å². The Bertz CT molecular complexity index is 889. The van der Waals surface area contributed by atoms with Gasteiger partial charge in [0.05, 0.1) is 12.0 Å². The van der Waals surface area contributed by atoms with E-state index in [1.54, 1.807) is 11.0 Å². The van der Waals surface area contributed by atoms with Crippen molar-refractivity contribution in [2.24, 2.45) is 5.92 Å². The molecule has 2 atom stereocenters. The summed E-state index contributed by atoms with van der Waals surface area (Å²) < 4.78 is 13.9. The van der Waals surface area contributed by atoms with E-state index in [0.717, 1.165) is 12.1 Å². The second-order valence-electron chi connectivity index (χ2n) is 6.52. The van der Waals surface area contributed by atoms with Crippen molar-refractivity contribution in [1.82, 2.24) is 5.32 Å². The number of nitrogens with zero attached hydrogens (tertiary/aromatic N) is 2. The molecule has 1 fully saturated rings. The fourth-order valence-corrected chi connectivity index (χ4v) is 3.19. The number of hydrogen-bond donors (Lipinski definition) is 1. The molecule has 0 aromatic heterocycles. The SMILES string of the molecule is CCc1ccc(N2CC(C(=O)NC(C#N)c3ccccc3F)CC2=O)cc1. The van der Waals surface area contributed by atoms with Crippen LogP contribution in [0.15, 0.2) is 48.5 Å². The van der Waals surface area contributed by atoms with Gasteiger partial charge in [0.15, 0.2) is 0 Å². The van der Waals surface area contributed by atoms with Gasteiger partial charge in [-0.3, -0.25) is 9.59 Å². The Morgan fingerprint density at radius 1 is 1.30 bits per heavy atom. The normalized spacial score (nSPS) is 17.4. The average Bonchev–Trinajstić information content (AvgIpc) is 3.08. The molecule has 1 heterocycles. The van der Waals surface area contributed by atoms with Crippen LogP contribution in [0, 0.1) is 23.1 Å². The summed E-state index contributed by atoms with van der Waals surface area (Å²) in [5, 5.41) is 11.9. The number of nitriles is 1. The zero-order chi connectivity index (χ0) is 19.4. The predicted molar refractivity (Wildman–Crippen MR) is 99.2 cm³/mol. The first-order valence-electron chi connectivity index (χ1n) is 8.87. The number of carbonyl (C=O) groups is 2. The average molecular weight is 365 g/mol. The van der Waals surface area contributed by atoms with Crippen LogP contribution in [0.3, 0.4) is 0 Å². The molecule has 2 unspecified atom stereocenters. The number of nitrogens with one attached hydrogen (secondary N) is 1. The Kier molecular flexibility index (Phi) is 5.51. The number of rotatable bonds is 5. The van der Waals surface area contributed by atoms with Gasteiger partial charge < -0.3 is 10.2 Å². The predicted octanol–water partition coefficient (Wildman–Crippen LogP) is 3.12. The van der Waals surface area contributed by atoms with Crippen LogP contribution in [-0.4, -0.2) is 18.4 Å². The van der Waals surface area contributed by atoms with E-state index in [1.165, 1.54) is 23.8 Å². The molecule has 3 rings (SSSR count). The summed E-state index contributed by atoms with van der Waals surface area (Å²) in [6.07, 6.45) is 0.974. The van der Waals surface area contributed by atoms with Gasteiger partial charge >= 0.3 is 0 Å². The quantitative estimate of drug-likeness (QED) is 0.885. The lowest BCUT2D eigenvalue weighted by Gasteiger charge is -2.18. The van der Waals surface area contributed by atoms with Gasteiger partial charge in [-0.25, -0.2) is 4.39 Å². The molecule has 0 aliphatic carbocycles. The van der Waals surface area contributed by atoms with E-state index in [1.807, 2.05) is 30.3 Å². The third-order valence-electron chi connectivity index (χ3n) is 4.78. The molecule has 5 nitrogen and oxygen atoms in total. The topological polar surface area (TPSA) is 73.2 Å². The highest BCUT2D eigenvalue weighted by atomic mass is 19.1. The van der Waals surface area contributed by atoms with Gasteiger partial charge in [-0.2, -0.15) is 5.26 Å². The van der Waals surface area contributed by atoms with Crippen molar-refractivity contribution in [3.05, 3.63) is 65.5 Å². The summed E-state index contributed by atoms with van der Waals surface area (Å²) in [6, 6.07) is 14.3. The van der Waals surface area contributed by atoms with Gasteiger partial charge in [-0.1, -0.05) is 37.3 Å². The van der Waals surface area contributed by atoms with E-state index in [0.29, 0.717) is 0 Å². The van der Waals surface area contributed by atoms with Crippen molar-refractivity contribution in [2.45, 2.75) is 25.8 Å². The Morgan fingerprint density at radius 2 is 2.00 bits per heavy atom. The van der Waals surface area contributed by atoms with Crippen LogP contribution in [0.2, 0.25) is 0 Å². The maximum Gasteiger partial charge on any atom is 0.227 e. The zero-order valence-corrected chi connectivity index (χ0v) is 15.0. The van der Waals surface area contributed by atoms with Crippen LogP contribution in [0.25, 0.3) is 0 Å². The number of hydrogen-bond acceptors (Lipinski definition) is 3. The van der Waals surface area contributed by atoms with E-state index in [-0.39, 0.29) is 24.4 Å². The zero-order valence-electron chi connectivity index (χ0n) is 15.0. The fourth-order valence-electron chi connectivity index (χ4n) is 3.19. The minimum absolute atomic E-state index is 0.0663. The summed E-state index contributed by atoms with van der Waals surface area (Å²) in [6.45, 7) is 2.29. The smallest absolute Gasteiger partial charge is 0.227 e. The van der Waals surface area contributed by atoms with E-state index in [4.69, 9.17) is 0 Å². The highest BCUT2D eigenvalue weighted by molar-refractivity contribution is 6.00. The van der Waals surface area contributed by atoms with Crippen molar-refractivity contribution in [1.29, 1.82) is 5.26 Å². The molecule has 0 radical (unpaired) electrons. The first-order chi connectivity index (χ1) is 13.0. The maximum atomic E-state index is 13.9. The third kappa shape index (κ3) is 3.98. The van der Waals surface area contributed by atoms with E-state index < -0.39 is 23.7 Å². The van der Waals surface area contributed by atoms with E-state index in [9.17, 15) is 19.2 Å². The number of aryl methyl sites for hydroxylation is 1. The minimum atomic E-state index is -1.09. The van der Waals surface area contributed by atoms with Crippen LogP contribution in [-0.2, 0) is 16.0 Å². The second-order valence-corrected chi connectivity index (χ2v) is 6.52. The molecule has 138 valence electrons. The fraction of sp³-hybridized carbons (Fsp3) is 0.286. The Hall–Kier alpha value is -3.20. The highest BCUT2D eigenvalue weighted by Crippen LogP contribution is 2.26. The van der Waals surface area contributed by atoms with Crippen LogP contribution in [0.4, 0.5) is 10.1 Å². The molecule has 1 aliphatic rings. The first-order valence-corrected chi connectivity index (χ1v) is 8.87. The molecule has 27 heavy (non-hydrogen) atoms. The first kappa shape index (κ1) is 18.6. The minimum Gasteiger partial charge on any atom is -0.336 e. The van der Waals surface area contributed by atoms with E-state index >= 15 is 0 Å². The van der Waals surface area contributed by atoms with Gasteiger partial charge in [0.2, 0.25) is 11.8 Å². The highest BCUT2D eigenvalue weighted by Gasteiger charge is 2.36. The number of amides is 2. The number of anilines is 1. The monoisotopic (exact) mass is 365 g/mol. The summed E-state index contributed by atoms with van der Waals surface area (Å²) in [5.74, 6) is -1.69. The third-order valence-corrected chi connectivity index (χ3v) is 4.78. The van der Waals surface area contributed by atoms with Crippen molar-refractivity contribution in [3.8, 4) is 6.07 Å². The number of carbonyl (C=O) groups excluding carboxylic acids is 2. The molecule has 2 amide bonds. The maximum absolute atomic E-state index is 13.9. The molecule has 1 N–H and O–H groups in total. The largest absolute Gasteiger partial charge is 0.336 e. The van der Waals surface area contributed by atoms with Gasteiger partial charge in [0.1, 0.15) is 11.9 Å². The van der Waals surface area contributed by atoms with Crippen molar-refractivity contribution in [2.75, 3.05) is 11.4 Å². The molecule has 0 bridgehead atoms. The molecular formula is C21H20FN3O2. The number of halogens is 1. The van der Waals surface area contributed by atoms with Crippen LogP contribution >= 0.6 is 0 Å². The lowest BCUT2D eigenvalue weighted by atomic mass is 10.0. The van der Waals surface area contributed by atoms with E-state index in [2.05, 4.69) is 12.2 Å². The molecule has 2 aromatic rings. The Balaban J connectivity index is 1.70. The number of benzene rings is 2. The van der Waals surface area contributed by atoms with Crippen LogP contribution < -0.4 is 10.2 Å². The molecule has 1 saturated heterocycles. The summed E-state index contributed by atoms with van der Waals surface area (Å²) in [7, 11) is 0. The lowest BCUT2D eigenvalue weighted by molar-refractivity contribution is -0.126. The standard InChI is InChI=1S/C21H20FN3O2/c1-2-14-7-9-16(10-8-14)25-13-15(11-20(25)26)21(27)24-19(12-23)17-5-3-4-6-18(17)22/h3-10,15,19H,2,11,13H2,1H3,(H,24,27). The Morgan fingerprint density at radius 3 is 2.63 bits per heavy atom. The molecular weight excluding hydrogens is 345 g/mol. The lowest BCUT2D eigenvalue weighted by Crippen LogP contribution is -2.35. The Labute approximate surface area is 157 Å². The molecule has 2 aromatic carbocycles. The van der Waals surface area contributed by atoms with Gasteiger partial charge in [0, 0.05) is 24.2 Å². The van der Waals surface area contributed by atoms with Crippen molar-refractivity contribution >= 4 is 17.5 Å². The van der Waals surface area contributed by atoms with Gasteiger partial charge in [-0.05, 0) is 30.2 Å². The summed E-state index contributed by atoms with van der Waals surface area (Å²) >= 11 is 0. The van der Waals surface area contributed by atoms with Gasteiger partial charge in [0.25, 0.3) is 0 Å².